The van der Waals surface area contributed by atoms with Crippen LogP contribution in [0.1, 0.15) is 43.9 Å². The summed E-state index contributed by atoms with van der Waals surface area (Å²) in [5, 5.41) is 3.70. The van der Waals surface area contributed by atoms with Crippen molar-refractivity contribution in [2.45, 2.75) is 38.3 Å². The molecule has 110 valence electrons. The molecule has 0 aliphatic carbocycles. The maximum atomic E-state index is 6.08. The summed E-state index contributed by atoms with van der Waals surface area (Å²) in [6, 6.07) is 19.2. The average Bonchev–Trinajstić information content (AvgIpc) is 2.75. The van der Waals surface area contributed by atoms with E-state index in [4.69, 9.17) is 4.74 Å². The largest absolute Gasteiger partial charge is 0.486 e. The van der Waals surface area contributed by atoms with Crippen molar-refractivity contribution < 1.29 is 4.74 Å². The lowest BCUT2D eigenvalue weighted by atomic mass is 9.93. The highest BCUT2D eigenvalue weighted by molar-refractivity contribution is 5.42. The van der Waals surface area contributed by atoms with E-state index < -0.39 is 0 Å². The summed E-state index contributed by atoms with van der Waals surface area (Å²) in [6.45, 7) is 7.50. The number of nitrogens with one attached hydrogen (secondary N) is 1. The third kappa shape index (κ3) is 2.81. The molecule has 0 spiro atoms. The molecule has 1 aliphatic rings. The molecule has 3 rings (SSSR count). The monoisotopic (exact) mass is 281 g/mol. The number of rotatable bonds is 4. The van der Waals surface area contributed by atoms with Crippen LogP contribution in [-0.2, 0) is 0 Å². The molecular weight excluding hydrogens is 258 g/mol. The van der Waals surface area contributed by atoms with Crippen LogP contribution in [0.15, 0.2) is 54.6 Å². The zero-order chi connectivity index (χ0) is 14.9. The number of benzene rings is 2. The van der Waals surface area contributed by atoms with Gasteiger partial charge in [-0.2, -0.15) is 0 Å². The molecule has 2 atom stereocenters. The standard InChI is InChI=1S/C19H23NO/c1-14(15-9-5-4-6-10-15)13-20-18-16-11-7-8-12-17(16)21-19(18,2)3/h4-12,14,18,20H,13H2,1-3H3. The minimum Gasteiger partial charge on any atom is -0.486 e. The van der Waals surface area contributed by atoms with Gasteiger partial charge in [-0.1, -0.05) is 55.5 Å². The normalized spacial score (nSPS) is 20.6. The molecule has 0 saturated heterocycles. The number of fused-ring (bicyclic) bond motifs is 1. The van der Waals surface area contributed by atoms with E-state index in [-0.39, 0.29) is 11.6 Å². The second-order valence-corrected chi connectivity index (χ2v) is 6.40. The molecule has 2 nitrogen and oxygen atoms in total. The van der Waals surface area contributed by atoms with Gasteiger partial charge in [0.2, 0.25) is 0 Å². The Bertz CT molecular complexity index is 606. The van der Waals surface area contributed by atoms with Crippen molar-refractivity contribution in [3.8, 4) is 5.75 Å². The molecule has 2 heteroatoms. The topological polar surface area (TPSA) is 21.3 Å². The molecule has 2 aromatic carbocycles. The van der Waals surface area contributed by atoms with E-state index in [1.165, 1.54) is 11.1 Å². The Balaban J connectivity index is 1.73. The summed E-state index contributed by atoms with van der Waals surface area (Å²) in [5.74, 6) is 1.49. The molecule has 0 amide bonds. The Kier molecular flexibility index (Phi) is 3.73. The Labute approximate surface area is 127 Å². The zero-order valence-electron chi connectivity index (χ0n) is 13.0. The lowest BCUT2D eigenvalue weighted by molar-refractivity contribution is 0.0960. The van der Waals surface area contributed by atoms with E-state index in [9.17, 15) is 0 Å². The highest BCUT2D eigenvalue weighted by atomic mass is 16.5. The first kappa shape index (κ1) is 14.2. The molecule has 1 heterocycles. The van der Waals surface area contributed by atoms with Gasteiger partial charge < -0.3 is 10.1 Å². The van der Waals surface area contributed by atoms with E-state index >= 15 is 0 Å². The predicted molar refractivity (Wildman–Crippen MR) is 86.7 cm³/mol. The van der Waals surface area contributed by atoms with Gasteiger partial charge in [0.05, 0.1) is 6.04 Å². The van der Waals surface area contributed by atoms with Crippen LogP contribution in [0.5, 0.6) is 5.75 Å². The van der Waals surface area contributed by atoms with Gasteiger partial charge in [-0.25, -0.2) is 0 Å². The molecule has 2 unspecified atom stereocenters. The van der Waals surface area contributed by atoms with Crippen molar-refractivity contribution in [2.24, 2.45) is 0 Å². The van der Waals surface area contributed by atoms with Gasteiger partial charge in [-0.15, -0.1) is 0 Å². The highest BCUT2D eigenvalue weighted by Gasteiger charge is 2.40. The fraction of sp³-hybridized carbons (Fsp3) is 0.368. The van der Waals surface area contributed by atoms with Crippen LogP contribution in [0.25, 0.3) is 0 Å². The molecule has 1 N–H and O–H groups in total. The summed E-state index contributed by atoms with van der Waals surface area (Å²) in [7, 11) is 0. The van der Waals surface area contributed by atoms with Crippen molar-refractivity contribution in [1.29, 1.82) is 0 Å². The maximum absolute atomic E-state index is 6.08. The van der Waals surface area contributed by atoms with Gasteiger partial charge in [0.25, 0.3) is 0 Å². The first-order valence-corrected chi connectivity index (χ1v) is 7.64. The van der Waals surface area contributed by atoms with Crippen LogP contribution in [-0.4, -0.2) is 12.1 Å². The SMILES string of the molecule is CC(CNC1c2ccccc2OC1(C)C)c1ccccc1. The van der Waals surface area contributed by atoms with Crippen molar-refractivity contribution >= 4 is 0 Å². The zero-order valence-corrected chi connectivity index (χ0v) is 13.0. The second-order valence-electron chi connectivity index (χ2n) is 6.40. The molecule has 0 radical (unpaired) electrons. The maximum Gasteiger partial charge on any atom is 0.125 e. The van der Waals surface area contributed by atoms with Crippen molar-refractivity contribution in [3.05, 3.63) is 65.7 Å². The minimum absolute atomic E-state index is 0.208. The summed E-state index contributed by atoms with van der Waals surface area (Å²) in [4.78, 5) is 0. The first-order valence-electron chi connectivity index (χ1n) is 7.64. The smallest absolute Gasteiger partial charge is 0.125 e. The summed E-state index contributed by atoms with van der Waals surface area (Å²) < 4.78 is 6.08. The Morgan fingerprint density at radius 1 is 1.05 bits per heavy atom. The molecule has 0 fully saturated rings. The molecule has 2 aromatic rings. The van der Waals surface area contributed by atoms with E-state index in [0.29, 0.717) is 5.92 Å². The van der Waals surface area contributed by atoms with Crippen molar-refractivity contribution in [3.63, 3.8) is 0 Å². The van der Waals surface area contributed by atoms with Crippen molar-refractivity contribution in [1.82, 2.24) is 5.32 Å². The lowest BCUT2D eigenvalue weighted by Crippen LogP contribution is -2.40. The van der Waals surface area contributed by atoms with Crippen LogP contribution in [0.3, 0.4) is 0 Å². The third-order valence-corrected chi connectivity index (χ3v) is 4.29. The molecule has 21 heavy (non-hydrogen) atoms. The fourth-order valence-corrected chi connectivity index (χ4v) is 3.08. The van der Waals surface area contributed by atoms with Crippen LogP contribution in [0.2, 0.25) is 0 Å². The molecule has 0 saturated carbocycles. The number of hydrogen-bond acceptors (Lipinski definition) is 2. The molecular formula is C19H23NO. The van der Waals surface area contributed by atoms with E-state index in [1.807, 2.05) is 6.07 Å². The summed E-state index contributed by atoms with van der Waals surface area (Å²) in [6.07, 6.45) is 0. The van der Waals surface area contributed by atoms with Gasteiger partial charge in [-0.3, -0.25) is 0 Å². The number of para-hydroxylation sites is 1. The van der Waals surface area contributed by atoms with E-state index in [0.717, 1.165) is 12.3 Å². The van der Waals surface area contributed by atoms with Gasteiger partial charge in [0, 0.05) is 12.1 Å². The predicted octanol–water partition coefficient (Wildman–Crippen LogP) is 4.29. The van der Waals surface area contributed by atoms with Gasteiger partial charge in [0.1, 0.15) is 11.4 Å². The van der Waals surface area contributed by atoms with Crippen LogP contribution < -0.4 is 10.1 Å². The van der Waals surface area contributed by atoms with Gasteiger partial charge in [0.15, 0.2) is 0 Å². The van der Waals surface area contributed by atoms with Crippen LogP contribution >= 0.6 is 0 Å². The quantitative estimate of drug-likeness (QED) is 0.902. The highest BCUT2D eigenvalue weighted by Crippen LogP contribution is 2.42. The van der Waals surface area contributed by atoms with Crippen LogP contribution in [0, 0.1) is 0 Å². The fourth-order valence-electron chi connectivity index (χ4n) is 3.08. The molecule has 0 bridgehead atoms. The van der Waals surface area contributed by atoms with Crippen LogP contribution in [0.4, 0.5) is 0 Å². The van der Waals surface area contributed by atoms with E-state index in [2.05, 4.69) is 74.6 Å². The number of ether oxygens (including phenoxy) is 1. The second kappa shape index (κ2) is 5.53. The third-order valence-electron chi connectivity index (χ3n) is 4.29. The Morgan fingerprint density at radius 3 is 2.48 bits per heavy atom. The van der Waals surface area contributed by atoms with Crippen molar-refractivity contribution in [2.75, 3.05) is 6.54 Å². The number of hydrogen-bond donors (Lipinski definition) is 1. The molecule has 0 aromatic heterocycles. The summed E-state index contributed by atoms with van der Waals surface area (Å²) in [5.41, 5.74) is 2.43. The Morgan fingerprint density at radius 2 is 1.71 bits per heavy atom. The first-order chi connectivity index (χ1) is 10.1. The van der Waals surface area contributed by atoms with Gasteiger partial charge >= 0.3 is 0 Å². The van der Waals surface area contributed by atoms with E-state index in [1.54, 1.807) is 0 Å². The Hall–Kier alpha value is -1.80. The average molecular weight is 281 g/mol. The van der Waals surface area contributed by atoms with Gasteiger partial charge in [-0.05, 0) is 31.4 Å². The lowest BCUT2D eigenvalue weighted by Gasteiger charge is -2.28. The minimum atomic E-state index is -0.208. The molecule has 1 aliphatic heterocycles. The summed E-state index contributed by atoms with van der Waals surface area (Å²) >= 11 is 0.